The predicted octanol–water partition coefficient (Wildman–Crippen LogP) is 3.59. The fourth-order valence-electron chi connectivity index (χ4n) is 1.74. The minimum absolute atomic E-state index is 0.0522. The lowest BCUT2D eigenvalue weighted by atomic mass is 10.2. The first-order valence-electron chi connectivity index (χ1n) is 4.99. The van der Waals surface area contributed by atoms with E-state index in [9.17, 15) is 10.2 Å². The van der Waals surface area contributed by atoms with E-state index in [4.69, 9.17) is 23.2 Å². The van der Waals surface area contributed by atoms with Crippen LogP contribution < -0.4 is 0 Å². The van der Waals surface area contributed by atoms with Gasteiger partial charge in [-0.3, -0.25) is 4.57 Å². The van der Waals surface area contributed by atoms with Crippen molar-refractivity contribution >= 4 is 23.2 Å². The SMILES string of the molecule is Cc1cc(Cl)ccc1-n1c(O)cc(CCl)c1O. The molecule has 0 aliphatic rings. The Hall–Kier alpha value is -1.32. The summed E-state index contributed by atoms with van der Waals surface area (Å²) in [4.78, 5) is 0. The molecule has 0 atom stereocenters. The van der Waals surface area contributed by atoms with Crippen LogP contribution in [0.15, 0.2) is 24.3 Å². The molecule has 17 heavy (non-hydrogen) atoms. The summed E-state index contributed by atoms with van der Waals surface area (Å²) in [5.41, 5.74) is 2.00. The van der Waals surface area contributed by atoms with Crippen LogP contribution in [0.1, 0.15) is 11.1 Å². The molecule has 0 saturated heterocycles. The Labute approximate surface area is 109 Å². The summed E-state index contributed by atoms with van der Waals surface area (Å²) >= 11 is 11.5. The first-order chi connectivity index (χ1) is 8.04. The van der Waals surface area contributed by atoms with E-state index in [2.05, 4.69) is 0 Å². The second-order valence-electron chi connectivity index (χ2n) is 3.75. The lowest BCUT2D eigenvalue weighted by molar-refractivity contribution is 0.401. The average molecular weight is 272 g/mol. The maximum Gasteiger partial charge on any atom is 0.203 e. The summed E-state index contributed by atoms with van der Waals surface area (Å²) in [6.07, 6.45) is 0. The summed E-state index contributed by atoms with van der Waals surface area (Å²) in [5, 5.41) is 20.4. The Kier molecular flexibility index (Phi) is 3.22. The highest BCUT2D eigenvalue weighted by atomic mass is 35.5. The van der Waals surface area contributed by atoms with Crippen molar-refractivity contribution in [1.82, 2.24) is 4.57 Å². The van der Waals surface area contributed by atoms with Gasteiger partial charge in [-0.2, -0.15) is 0 Å². The van der Waals surface area contributed by atoms with Gasteiger partial charge in [0.25, 0.3) is 0 Å². The molecule has 2 aromatic rings. The molecule has 0 amide bonds. The van der Waals surface area contributed by atoms with Crippen LogP contribution >= 0.6 is 23.2 Å². The minimum Gasteiger partial charge on any atom is -0.494 e. The lowest BCUT2D eigenvalue weighted by Gasteiger charge is -2.10. The zero-order valence-electron chi connectivity index (χ0n) is 9.11. The molecule has 90 valence electrons. The standard InChI is InChI=1S/C12H11Cl2NO2/c1-7-4-9(14)2-3-10(7)15-11(16)5-8(6-13)12(15)17/h2-5,16-17H,6H2,1H3. The summed E-state index contributed by atoms with van der Waals surface area (Å²) in [6.45, 7) is 1.85. The van der Waals surface area contributed by atoms with E-state index < -0.39 is 0 Å². The highest BCUT2D eigenvalue weighted by molar-refractivity contribution is 6.30. The fraction of sp³-hybridized carbons (Fsp3) is 0.167. The summed E-state index contributed by atoms with van der Waals surface area (Å²) in [6, 6.07) is 6.63. The Morgan fingerprint density at radius 1 is 1.24 bits per heavy atom. The van der Waals surface area contributed by atoms with Gasteiger partial charge in [-0.1, -0.05) is 11.6 Å². The van der Waals surface area contributed by atoms with E-state index in [1.807, 2.05) is 6.92 Å². The molecule has 3 nitrogen and oxygen atoms in total. The highest BCUT2D eigenvalue weighted by Crippen LogP contribution is 2.34. The molecule has 0 saturated carbocycles. The number of hydrogen-bond donors (Lipinski definition) is 2. The van der Waals surface area contributed by atoms with Gasteiger partial charge >= 0.3 is 0 Å². The van der Waals surface area contributed by atoms with Crippen molar-refractivity contribution in [3.8, 4) is 17.4 Å². The zero-order valence-corrected chi connectivity index (χ0v) is 10.6. The van der Waals surface area contributed by atoms with Gasteiger partial charge in [-0.05, 0) is 30.7 Å². The van der Waals surface area contributed by atoms with Gasteiger partial charge in [0.15, 0.2) is 5.88 Å². The van der Waals surface area contributed by atoms with Crippen molar-refractivity contribution in [1.29, 1.82) is 0 Å². The molecule has 0 unspecified atom stereocenters. The molecule has 2 N–H and O–H groups in total. The maximum atomic E-state index is 9.94. The molecule has 0 radical (unpaired) electrons. The van der Waals surface area contributed by atoms with Crippen molar-refractivity contribution in [2.75, 3.05) is 0 Å². The normalized spacial score (nSPS) is 10.8. The highest BCUT2D eigenvalue weighted by Gasteiger charge is 2.15. The van der Waals surface area contributed by atoms with E-state index >= 15 is 0 Å². The molecule has 2 rings (SSSR count). The van der Waals surface area contributed by atoms with Crippen LogP contribution in [0.25, 0.3) is 5.69 Å². The van der Waals surface area contributed by atoms with Gasteiger partial charge in [-0.15, -0.1) is 11.6 Å². The molecule has 1 aromatic carbocycles. The summed E-state index contributed by atoms with van der Waals surface area (Å²) in [5.74, 6) is 0.0328. The Morgan fingerprint density at radius 2 is 1.94 bits per heavy atom. The quantitative estimate of drug-likeness (QED) is 0.820. The Balaban J connectivity index is 2.64. The molecule has 0 spiro atoms. The van der Waals surface area contributed by atoms with Gasteiger partial charge in [0.2, 0.25) is 5.88 Å². The van der Waals surface area contributed by atoms with E-state index in [-0.39, 0.29) is 17.6 Å². The van der Waals surface area contributed by atoms with E-state index in [0.717, 1.165) is 5.56 Å². The summed E-state index contributed by atoms with van der Waals surface area (Å²) < 4.78 is 1.34. The fourth-order valence-corrected chi connectivity index (χ4v) is 2.17. The second kappa shape index (κ2) is 4.51. The topological polar surface area (TPSA) is 45.4 Å². The minimum atomic E-state index is -0.0528. The second-order valence-corrected chi connectivity index (χ2v) is 4.45. The van der Waals surface area contributed by atoms with Crippen molar-refractivity contribution < 1.29 is 10.2 Å². The number of rotatable bonds is 2. The molecule has 1 heterocycles. The number of aromatic nitrogens is 1. The first kappa shape index (κ1) is 12.1. The Bertz CT molecular complexity index is 564. The van der Waals surface area contributed by atoms with Crippen LogP contribution in [0.2, 0.25) is 5.02 Å². The maximum absolute atomic E-state index is 9.94. The first-order valence-corrected chi connectivity index (χ1v) is 5.91. The van der Waals surface area contributed by atoms with Gasteiger partial charge in [-0.25, -0.2) is 0 Å². The van der Waals surface area contributed by atoms with Crippen LogP contribution in [0.4, 0.5) is 0 Å². The number of hydrogen-bond acceptors (Lipinski definition) is 2. The predicted molar refractivity (Wildman–Crippen MR) is 68.4 cm³/mol. The largest absolute Gasteiger partial charge is 0.494 e. The number of alkyl halides is 1. The van der Waals surface area contributed by atoms with Crippen LogP contribution in [0.3, 0.4) is 0 Å². The smallest absolute Gasteiger partial charge is 0.203 e. The van der Waals surface area contributed by atoms with Crippen molar-refractivity contribution in [2.24, 2.45) is 0 Å². The lowest BCUT2D eigenvalue weighted by Crippen LogP contribution is -1.96. The molecular formula is C12H11Cl2NO2. The number of nitrogens with zero attached hydrogens (tertiary/aromatic N) is 1. The van der Waals surface area contributed by atoms with Gasteiger partial charge < -0.3 is 10.2 Å². The van der Waals surface area contributed by atoms with Gasteiger partial charge in [0, 0.05) is 16.7 Å². The molecular weight excluding hydrogens is 261 g/mol. The molecule has 0 aliphatic carbocycles. The molecule has 0 fully saturated rings. The average Bonchev–Trinajstić information content (AvgIpc) is 2.55. The third kappa shape index (κ3) is 2.08. The van der Waals surface area contributed by atoms with E-state index in [1.54, 1.807) is 18.2 Å². The zero-order chi connectivity index (χ0) is 12.6. The Morgan fingerprint density at radius 3 is 2.47 bits per heavy atom. The number of aryl methyl sites for hydroxylation is 1. The van der Waals surface area contributed by atoms with Gasteiger partial charge in [0.1, 0.15) is 0 Å². The van der Waals surface area contributed by atoms with Crippen LogP contribution in [-0.4, -0.2) is 14.8 Å². The van der Waals surface area contributed by atoms with Gasteiger partial charge in [0.05, 0.1) is 11.6 Å². The molecule has 5 heteroatoms. The molecule has 0 bridgehead atoms. The number of benzene rings is 1. The molecule has 1 aromatic heterocycles. The third-order valence-corrected chi connectivity index (χ3v) is 3.10. The monoisotopic (exact) mass is 271 g/mol. The van der Waals surface area contributed by atoms with Crippen molar-refractivity contribution in [3.05, 3.63) is 40.4 Å². The van der Waals surface area contributed by atoms with E-state index in [0.29, 0.717) is 16.3 Å². The van der Waals surface area contributed by atoms with Crippen molar-refractivity contribution in [2.45, 2.75) is 12.8 Å². The summed E-state index contributed by atoms with van der Waals surface area (Å²) in [7, 11) is 0. The van der Waals surface area contributed by atoms with Crippen LogP contribution in [0.5, 0.6) is 11.8 Å². The third-order valence-electron chi connectivity index (χ3n) is 2.58. The number of halogens is 2. The van der Waals surface area contributed by atoms with E-state index in [1.165, 1.54) is 10.6 Å². The van der Waals surface area contributed by atoms with Crippen LogP contribution in [0, 0.1) is 6.92 Å². The number of aromatic hydroxyl groups is 2. The van der Waals surface area contributed by atoms with Crippen LogP contribution in [-0.2, 0) is 5.88 Å². The molecule has 0 aliphatic heterocycles. The van der Waals surface area contributed by atoms with Crippen molar-refractivity contribution in [3.63, 3.8) is 0 Å².